The van der Waals surface area contributed by atoms with Crippen molar-refractivity contribution in [2.24, 2.45) is 5.92 Å². The number of morpholine rings is 1. The summed E-state index contributed by atoms with van der Waals surface area (Å²) >= 11 is 0. The van der Waals surface area contributed by atoms with E-state index < -0.39 is 10.2 Å². The number of nitrogens with one attached hydrogen (secondary N) is 1. The summed E-state index contributed by atoms with van der Waals surface area (Å²) in [6.07, 6.45) is 1.87. The highest BCUT2D eigenvalue weighted by Crippen LogP contribution is 2.24. The van der Waals surface area contributed by atoms with E-state index in [0.29, 0.717) is 51.4 Å². The van der Waals surface area contributed by atoms with Crippen molar-refractivity contribution in [3.8, 4) is 0 Å². The minimum atomic E-state index is -3.27. The van der Waals surface area contributed by atoms with Gasteiger partial charge in [0.1, 0.15) is 0 Å². The second kappa shape index (κ2) is 6.49. The Morgan fingerprint density at radius 2 is 1.63 bits per heavy atom. The molecular formula is C12H25N3O3S. The molecule has 7 heteroatoms. The summed E-state index contributed by atoms with van der Waals surface area (Å²) in [7, 11) is -1.31. The molecule has 0 amide bonds. The fourth-order valence-electron chi connectivity index (χ4n) is 2.78. The van der Waals surface area contributed by atoms with E-state index >= 15 is 0 Å². The van der Waals surface area contributed by atoms with E-state index in [4.69, 9.17) is 4.74 Å². The van der Waals surface area contributed by atoms with Gasteiger partial charge in [0.25, 0.3) is 10.2 Å². The van der Waals surface area contributed by atoms with Crippen LogP contribution in [-0.4, -0.2) is 69.5 Å². The van der Waals surface area contributed by atoms with Gasteiger partial charge in [0.2, 0.25) is 0 Å². The molecule has 2 aliphatic rings. The van der Waals surface area contributed by atoms with Crippen LogP contribution in [0.3, 0.4) is 0 Å². The first-order valence-electron chi connectivity index (χ1n) is 7.06. The van der Waals surface area contributed by atoms with Crippen LogP contribution in [0.1, 0.15) is 19.8 Å². The van der Waals surface area contributed by atoms with Gasteiger partial charge < -0.3 is 10.1 Å². The molecule has 0 spiro atoms. The van der Waals surface area contributed by atoms with E-state index in [1.54, 1.807) is 8.61 Å². The minimum Gasteiger partial charge on any atom is -0.379 e. The Bertz CT molecular complexity index is 374. The van der Waals surface area contributed by atoms with E-state index in [1.807, 2.05) is 7.05 Å². The smallest absolute Gasteiger partial charge is 0.282 e. The Morgan fingerprint density at radius 1 is 1.11 bits per heavy atom. The van der Waals surface area contributed by atoms with E-state index in [0.717, 1.165) is 12.8 Å². The third-order valence-corrected chi connectivity index (χ3v) is 6.32. The summed E-state index contributed by atoms with van der Waals surface area (Å²) in [4.78, 5) is 0. The highest BCUT2D eigenvalue weighted by molar-refractivity contribution is 7.86. The molecule has 0 aliphatic carbocycles. The van der Waals surface area contributed by atoms with Crippen molar-refractivity contribution in [2.45, 2.75) is 25.8 Å². The summed E-state index contributed by atoms with van der Waals surface area (Å²) in [6, 6.07) is 0.452. The lowest BCUT2D eigenvalue weighted by atomic mass is 9.91. The highest BCUT2D eigenvalue weighted by atomic mass is 32.2. The molecule has 1 atom stereocenters. The number of rotatable bonds is 4. The quantitative estimate of drug-likeness (QED) is 0.785. The Kier molecular flexibility index (Phi) is 5.19. The maximum Gasteiger partial charge on any atom is 0.282 e. The zero-order chi connectivity index (χ0) is 13.9. The molecular weight excluding hydrogens is 266 g/mol. The number of ether oxygens (including phenoxy) is 1. The van der Waals surface area contributed by atoms with Gasteiger partial charge in [0.15, 0.2) is 0 Å². The Morgan fingerprint density at radius 3 is 2.16 bits per heavy atom. The first-order valence-corrected chi connectivity index (χ1v) is 8.45. The molecule has 0 radical (unpaired) electrons. The number of hydrogen-bond acceptors (Lipinski definition) is 4. The molecule has 19 heavy (non-hydrogen) atoms. The van der Waals surface area contributed by atoms with E-state index in [9.17, 15) is 8.42 Å². The third kappa shape index (κ3) is 3.46. The molecule has 2 saturated heterocycles. The number of nitrogens with zero attached hydrogens (tertiary/aromatic N) is 2. The zero-order valence-electron chi connectivity index (χ0n) is 11.8. The van der Waals surface area contributed by atoms with E-state index in [1.165, 1.54) is 0 Å². The summed E-state index contributed by atoms with van der Waals surface area (Å²) in [5, 5.41) is 3.26. The van der Waals surface area contributed by atoms with E-state index in [2.05, 4.69) is 12.2 Å². The molecule has 0 aromatic carbocycles. The van der Waals surface area contributed by atoms with Gasteiger partial charge in [0, 0.05) is 32.2 Å². The molecule has 1 unspecified atom stereocenters. The SMILES string of the molecule is CNC(C)C1CCN(S(=O)(=O)N2CCOCC2)CC1. The second-order valence-corrected chi connectivity index (χ2v) is 7.26. The maximum atomic E-state index is 12.5. The van der Waals surface area contributed by atoms with Crippen LogP contribution in [0.4, 0.5) is 0 Å². The van der Waals surface area contributed by atoms with Crippen LogP contribution < -0.4 is 5.32 Å². The number of piperidine rings is 1. The van der Waals surface area contributed by atoms with Crippen molar-refractivity contribution in [2.75, 3.05) is 46.4 Å². The average Bonchev–Trinajstić information content (AvgIpc) is 2.47. The maximum absolute atomic E-state index is 12.5. The van der Waals surface area contributed by atoms with E-state index in [-0.39, 0.29) is 0 Å². The largest absolute Gasteiger partial charge is 0.379 e. The minimum absolute atomic E-state index is 0.452. The Labute approximate surface area is 116 Å². The Hall–Kier alpha value is -0.210. The van der Waals surface area contributed by atoms with Crippen LogP contribution in [-0.2, 0) is 14.9 Å². The molecule has 112 valence electrons. The fourth-order valence-corrected chi connectivity index (χ4v) is 4.39. The van der Waals surface area contributed by atoms with Gasteiger partial charge in [-0.1, -0.05) is 0 Å². The molecule has 2 heterocycles. The van der Waals surface area contributed by atoms with Crippen LogP contribution in [0.25, 0.3) is 0 Å². The van der Waals surface area contributed by atoms with Gasteiger partial charge in [0.05, 0.1) is 13.2 Å². The first kappa shape index (κ1) is 15.2. The monoisotopic (exact) mass is 291 g/mol. The van der Waals surface area contributed by atoms with Crippen molar-refractivity contribution in [3.63, 3.8) is 0 Å². The van der Waals surface area contributed by atoms with Gasteiger partial charge >= 0.3 is 0 Å². The topological polar surface area (TPSA) is 61.9 Å². The highest BCUT2D eigenvalue weighted by Gasteiger charge is 2.34. The molecule has 0 saturated carbocycles. The summed E-state index contributed by atoms with van der Waals surface area (Å²) in [5.74, 6) is 0.570. The van der Waals surface area contributed by atoms with Crippen LogP contribution in [0.2, 0.25) is 0 Å². The normalized spacial score (nSPS) is 26.4. The molecule has 0 aromatic rings. The average molecular weight is 291 g/mol. The predicted molar refractivity (Wildman–Crippen MR) is 74.1 cm³/mol. The zero-order valence-corrected chi connectivity index (χ0v) is 12.7. The lowest BCUT2D eigenvalue weighted by molar-refractivity contribution is 0.0691. The van der Waals surface area contributed by atoms with Gasteiger partial charge in [-0.15, -0.1) is 0 Å². The van der Waals surface area contributed by atoms with Gasteiger partial charge in [-0.25, -0.2) is 0 Å². The molecule has 0 bridgehead atoms. The van der Waals surface area contributed by atoms with Gasteiger partial charge in [-0.3, -0.25) is 0 Å². The second-order valence-electron chi connectivity index (χ2n) is 5.33. The summed E-state index contributed by atoms with van der Waals surface area (Å²) in [5.41, 5.74) is 0. The van der Waals surface area contributed by atoms with Crippen LogP contribution in [0, 0.1) is 5.92 Å². The van der Waals surface area contributed by atoms with Crippen molar-refractivity contribution in [1.29, 1.82) is 0 Å². The molecule has 2 rings (SSSR count). The molecule has 6 nitrogen and oxygen atoms in total. The van der Waals surface area contributed by atoms with Crippen LogP contribution in [0.15, 0.2) is 0 Å². The molecule has 2 aliphatic heterocycles. The van der Waals surface area contributed by atoms with Crippen molar-refractivity contribution in [3.05, 3.63) is 0 Å². The van der Waals surface area contributed by atoms with Crippen LogP contribution in [0.5, 0.6) is 0 Å². The van der Waals surface area contributed by atoms with Gasteiger partial charge in [-0.2, -0.15) is 17.0 Å². The standard InChI is InChI=1S/C12H25N3O3S/c1-11(13-2)12-3-5-14(6-4-12)19(16,17)15-7-9-18-10-8-15/h11-13H,3-10H2,1-2H3. The van der Waals surface area contributed by atoms with Gasteiger partial charge in [-0.05, 0) is 32.7 Å². The fraction of sp³-hybridized carbons (Fsp3) is 1.00. The predicted octanol–water partition coefficient (Wildman–Crippen LogP) is -0.117. The molecule has 2 fully saturated rings. The van der Waals surface area contributed by atoms with Crippen molar-refractivity contribution < 1.29 is 13.2 Å². The van der Waals surface area contributed by atoms with Crippen molar-refractivity contribution >= 4 is 10.2 Å². The molecule has 0 aromatic heterocycles. The third-order valence-electron chi connectivity index (χ3n) is 4.28. The molecule has 1 N–H and O–H groups in total. The lowest BCUT2D eigenvalue weighted by Gasteiger charge is -2.37. The number of hydrogen-bond donors (Lipinski definition) is 1. The Balaban J connectivity index is 1.92. The first-order chi connectivity index (χ1) is 9.05. The summed E-state index contributed by atoms with van der Waals surface area (Å²) < 4.78 is 33.3. The summed E-state index contributed by atoms with van der Waals surface area (Å²) in [6.45, 7) is 5.41. The van der Waals surface area contributed by atoms with Crippen LogP contribution >= 0.6 is 0 Å². The lowest BCUT2D eigenvalue weighted by Crippen LogP contribution is -2.51. The van der Waals surface area contributed by atoms with Crippen molar-refractivity contribution in [1.82, 2.24) is 13.9 Å².